The highest BCUT2D eigenvalue weighted by Crippen LogP contribution is 2.27. The topological polar surface area (TPSA) is 35.5 Å². The summed E-state index contributed by atoms with van der Waals surface area (Å²) in [4.78, 5) is 11.3. The molecule has 0 aliphatic rings. The number of ketones is 1. The minimum atomic E-state index is -0.0661. The molecule has 0 unspecified atom stereocenters. The fourth-order valence-corrected chi connectivity index (χ4v) is 2.15. The van der Waals surface area contributed by atoms with E-state index < -0.39 is 0 Å². The number of carbonyl (C=O) groups excluding carboxylic acids is 1. The maximum absolute atomic E-state index is 11.3. The summed E-state index contributed by atoms with van der Waals surface area (Å²) < 4.78 is 10.8. The first-order valence-corrected chi connectivity index (χ1v) is 6.54. The summed E-state index contributed by atoms with van der Waals surface area (Å²) in [5.41, 5.74) is 1.52. The Balaban J connectivity index is 2.19. The Morgan fingerprint density at radius 3 is 2.55 bits per heavy atom. The second-order valence-corrected chi connectivity index (χ2v) is 4.79. The zero-order chi connectivity index (χ0) is 14.5. The first kappa shape index (κ1) is 14.6. The molecule has 0 atom stereocenters. The van der Waals surface area contributed by atoms with Gasteiger partial charge in [-0.3, -0.25) is 4.79 Å². The summed E-state index contributed by atoms with van der Waals surface area (Å²) in [5, 5.41) is 0.392. The van der Waals surface area contributed by atoms with Gasteiger partial charge in [0, 0.05) is 18.7 Å². The van der Waals surface area contributed by atoms with Crippen LogP contribution in [0, 0.1) is 0 Å². The third kappa shape index (κ3) is 3.59. The normalized spacial score (nSPS) is 10.3. The Kier molecular flexibility index (Phi) is 4.77. The van der Waals surface area contributed by atoms with Gasteiger partial charge in [0.2, 0.25) is 0 Å². The molecule has 20 heavy (non-hydrogen) atoms. The minimum Gasteiger partial charge on any atom is -0.457 e. The molecule has 0 radical (unpaired) electrons. The Morgan fingerprint density at radius 1 is 1.15 bits per heavy atom. The van der Waals surface area contributed by atoms with Crippen LogP contribution in [0.5, 0.6) is 11.5 Å². The number of ether oxygens (including phenoxy) is 2. The number of halogens is 1. The highest BCUT2D eigenvalue weighted by Gasteiger charge is 2.07. The molecule has 0 bridgehead atoms. The Labute approximate surface area is 123 Å². The third-order valence-corrected chi connectivity index (χ3v) is 3.08. The van der Waals surface area contributed by atoms with Gasteiger partial charge in [-0.1, -0.05) is 23.7 Å². The second kappa shape index (κ2) is 6.55. The summed E-state index contributed by atoms with van der Waals surface area (Å²) in [6.45, 7) is 2.01. The van der Waals surface area contributed by atoms with Crippen molar-refractivity contribution in [2.24, 2.45) is 0 Å². The van der Waals surface area contributed by atoms with Crippen molar-refractivity contribution in [3.63, 3.8) is 0 Å². The Bertz CT molecular complexity index is 623. The summed E-state index contributed by atoms with van der Waals surface area (Å²) in [6, 6.07) is 12.6. The van der Waals surface area contributed by atoms with E-state index in [1.807, 2.05) is 24.3 Å². The van der Waals surface area contributed by atoms with Crippen LogP contribution in [0.4, 0.5) is 0 Å². The van der Waals surface area contributed by atoms with Crippen molar-refractivity contribution in [1.29, 1.82) is 0 Å². The first-order valence-electron chi connectivity index (χ1n) is 6.16. The zero-order valence-corrected chi connectivity index (χ0v) is 12.1. The lowest BCUT2D eigenvalue weighted by Gasteiger charge is -2.09. The van der Waals surface area contributed by atoms with E-state index in [4.69, 9.17) is 21.1 Å². The van der Waals surface area contributed by atoms with Crippen LogP contribution in [-0.2, 0) is 11.3 Å². The number of carbonyl (C=O) groups is 1. The summed E-state index contributed by atoms with van der Waals surface area (Å²) in [5.74, 6) is 1.23. The Morgan fingerprint density at radius 2 is 1.90 bits per heavy atom. The maximum Gasteiger partial charge on any atom is 0.161 e. The molecule has 2 rings (SSSR count). The van der Waals surface area contributed by atoms with Crippen LogP contribution in [0.15, 0.2) is 42.5 Å². The standard InChI is InChI=1S/C16H15ClO3/c1-11(18)15-7-6-14(9-16(15)17)20-13-5-3-4-12(8-13)10-19-2/h3-9H,10H2,1-2H3. The van der Waals surface area contributed by atoms with E-state index >= 15 is 0 Å². The van der Waals surface area contributed by atoms with Gasteiger partial charge in [0.05, 0.1) is 11.6 Å². The molecule has 0 saturated heterocycles. The molecule has 0 spiro atoms. The molecule has 3 nitrogen and oxygen atoms in total. The number of Topliss-reactive ketones (excluding diaryl/α,β-unsaturated/α-hetero) is 1. The van der Waals surface area contributed by atoms with Gasteiger partial charge in [0.15, 0.2) is 5.78 Å². The summed E-state index contributed by atoms with van der Waals surface area (Å²) in [6.07, 6.45) is 0. The molecule has 104 valence electrons. The van der Waals surface area contributed by atoms with E-state index in [0.29, 0.717) is 28.7 Å². The van der Waals surface area contributed by atoms with E-state index in [1.165, 1.54) is 6.92 Å². The van der Waals surface area contributed by atoms with E-state index in [9.17, 15) is 4.79 Å². The number of rotatable bonds is 5. The van der Waals surface area contributed by atoms with Crippen LogP contribution in [0.3, 0.4) is 0 Å². The lowest BCUT2D eigenvalue weighted by Crippen LogP contribution is -1.94. The molecule has 0 N–H and O–H groups in total. The fraction of sp³-hybridized carbons (Fsp3) is 0.188. The molecule has 0 fully saturated rings. The first-order chi connectivity index (χ1) is 9.60. The zero-order valence-electron chi connectivity index (χ0n) is 11.4. The van der Waals surface area contributed by atoms with Crippen molar-refractivity contribution in [2.75, 3.05) is 7.11 Å². The lowest BCUT2D eigenvalue weighted by atomic mass is 10.1. The highest BCUT2D eigenvalue weighted by atomic mass is 35.5. The monoisotopic (exact) mass is 290 g/mol. The van der Waals surface area contributed by atoms with E-state index in [1.54, 1.807) is 25.3 Å². The quantitative estimate of drug-likeness (QED) is 0.762. The van der Waals surface area contributed by atoms with Crippen LogP contribution in [0.2, 0.25) is 5.02 Å². The number of methoxy groups -OCH3 is 1. The Hall–Kier alpha value is -1.84. The molecule has 0 saturated carbocycles. The summed E-state index contributed by atoms with van der Waals surface area (Å²) in [7, 11) is 1.65. The summed E-state index contributed by atoms with van der Waals surface area (Å²) >= 11 is 6.05. The molecule has 0 aromatic heterocycles. The minimum absolute atomic E-state index is 0.0661. The average molecular weight is 291 g/mol. The molecule has 0 amide bonds. The smallest absolute Gasteiger partial charge is 0.161 e. The van der Waals surface area contributed by atoms with Gasteiger partial charge in [-0.15, -0.1) is 0 Å². The molecule has 0 heterocycles. The second-order valence-electron chi connectivity index (χ2n) is 4.38. The SMILES string of the molecule is COCc1cccc(Oc2ccc(C(C)=O)c(Cl)c2)c1. The van der Waals surface area contributed by atoms with Crippen molar-refractivity contribution >= 4 is 17.4 Å². The predicted octanol–water partition coefficient (Wildman–Crippen LogP) is 4.48. The molecule has 0 aliphatic carbocycles. The molecule has 2 aromatic carbocycles. The van der Waals surface area contributed by atoms with E-state index in [2.05, 4.69) is 0 Å². The number of hydrogen-bond donors (Lipinski definition) is 0. The van der Waals surface area contributed by atoms with Crippen LogP contribution in [-0.4, -0.2) is 12.9 Å². The average Bonchev–Trinajstić information content (AvgIpc) is 2.39. The van der Waals surface area contributed by atoms with Gasteiger partial charge in [-0.05, 0) is 36.8 Å². The number of benzene rings is 2. The van der Waals surface area contributed by atoms with Crippen LogP contribution in [0.25, 0.3) is 0 Å². The largest absolute Gasteiger partial charge is 0.457 e. The van der Waals surface area contributed by atoms with Crippen molar-refractivity contribution < 1.29 is 14.3 Å². The third-order valence-electron chi connectivity index (χ3n) is 2.76. The highest BCUT2D eigenvalue weighted by molar-refractivity contribution is 6.34. The van der Waals surface area contributed by atoms with Crippen molar-refractivity contribution in [2.45, 2.75) is 13.5 Å². The van der Waals surface area contributed by atoms with Gasteiger partial charge in [0.1, 0.15) is 11.5 Å². The fourth-order valence-electron chi connectivity index (χ4n) is 1.85. The van der Waals surface area contributed by atoms with Crippen molar-refractivity contribution in [3.8, 4) is 11.5 Å². The van der Waals surface area contributed by atoms with Gasteiger partial charge in [-0.2, -0.15) is 0 Å². The molecular formula is C16H15ClO3. The van der Waals surface area contributed by atoms with Gasteiger partial charge in [-0.25, -0.2) is 0 Å². The van der Waals surface area contributed by atoms with Crippen LogP contribution >= 0.6 is 11.6 Å². The van der Waals surface area contributed by atoms with Gasteiger partial charge >= 0.3 is 0 Å². The van der Waals surface area contributed by atoms with Gasteiger partial charge < -0.3 is 9.47 Å². The van der Waals surface area contributed by atoms with Gasteiger partial charge in [0.25, 0.3) is 0 Å². The maximum atomic E-state index is 11.3. The van der Waals surface area contributed by atoms with Crippen LogP contribution in [0.1, 0.15) is 22.8 Å². The molecule has 0 aliphatic heterocycles. The number of hydrogen-bond acceptors (Lipinski definition) is 3. The van der Waals surface area contributed by atoms with E-state index in [-0.39, 0.29) is 5.78 Å². The van der Waals surface area contributed by atoms with Crippen molar-refractivity contribution in [3.05, 3.63) is 58.6 Å². The molecule has 2 aromatic rings. The van der Waals surface area contributed by atoms with Crippen molar-refractivity contribution in [1.82, 2.24) is 0 Å². The predicted molar refractivity (Wildman–Crippen MR) is 78.7 cm³/mol. The lowest BCUT2D eigenvalue weighted by molar-refractivity contribution is 0.101. The van der Waals surface area contributed by atoms with E-state index in [0.717, 1.165) is 5.56 Å². The molecular weight excluding hydrogens is 276 g/mol. The van der Waals surface area contributed by atoms with Crippen LogP contribution < -0.4 is 4.74 Å². The molecule has 4 heteroatoms.